The van der Waals surface area contributed by atoms with Crippen molar-refractivity contribution in [2.75, 3.05) is 0 Å². The fraction of sp³-hybridized carbons (Fsp3) is 0.385. The molecule has 2 aliphatic carbocycles. The van der Waals surface area contributed by atoms with E-state index < -0.39 is 47.9 Å². The molecule has 0 spiro atoms. The summed E-state index contributed by atoms with van der Waals surface area (Å²) in [7, 11) is 0. The first kappa shape index (κ1) is 24.4. The maximum atomic E-state index is 15.0. The maximum absolute atomic E-state index is 15.0. The SMILES string of the molecule is O=C(O[C@H]1c2c(C(F)(F)F)nn([C@H]3CC[C@H](OCc4ccccc4)C3)c2CC1(F)F)c1ccccc1. The van der Waals surface area contributed by atoms with Crippen LogP contribution in [0.5, 0.6) is 0 Å². The Kier molecular flexibility index (Phi) is 6.32. The zero-order chi connectivity index (χ0) is 25.5. The summed E-state index contributed by atoms with van der Waals surface area (Å²) in [6.07, 6.45) is -7.26. The second kappa shape index (κ2) is 9.31. The average Bonchev–Trinajstić information content (AvgIpc) is 3.52. The van der Waals surface area contributed by atoms with Crippen molar-refractivity contribution in [3.8, 4) is 0 Å². The van der Waals surface area contributed by atoms with E-state index in [9.17, 15) is 18.0 Å². The van der Waals surface area contributed by atoms with Gasteiger partial charge in [-0.05, 0) is 37.0 Å². The summed E-state index contributed by atoms with van der Waals surface area (Å²) in [5.41, 5.74) is -1.51. The Morgan fingerprint density at radius 2 is 1.69 bits per heavy atom. The average molecular weight is 506 g/mol. The summed E-state index contributed by atoms with van der Waals surface area (Å²) in [6.45, 7) is 0.346. The molecule has 0 unspecified atom stereocenters. The lowest BCUT2D eigenvalue weighted by molar-refractivity contribution is -0.147. The van der Waals surface area contributed by atoms with Crippen molar-refractivity contribution in [3.63, 3.8) is 0 Å². The fourth-order valence-electron chi connectivity index (χ4n) is 4.95. The van der Waals surface area contributed by atoms with Crippen LogP contribution < -0.4 is 0 Å². The molecule has 1 aromatic heterocycles. The predicted molar refractivity (Wildman–Crippen MR) is 118 cm³/mol. The number of ether oxygens (including phenoxy) is 2. The molecular formula is C26H23F5N2O3. The van der Waals surface area contributed by atoms with Crippen LogP contribution in [-0.4, -0.2) is 27.8 Å². The van der Waals surface area contributed by atoms with Crippen LogP contribution in [-0.2, 0) is 28.7 Å². The number of alkyl halides is 5. The zero-order valence-corrected chi connectivity index (χ0v) is 19.1. The van der Waals surface area contributed by atoms with Crippen LogP contribution in [0.3, 0.4) is 0 Å². The molecule has 0 aliphatic heterocycles. The van der Waals surface area contributed by atoms with Crippen LogP contribution in [0.4, 0.5) is 22.0 Å². The standard InChI is InChI=1S/C26H23F5N2O3/c27-25(28)14-20-21(23(25)36-24(34)17-9-5-2-6-10-17)22(26(29,30)31)32-33(20)18-11-12-19(13-18)35-15-16-7-3-1-4-8-16/h1-10,18-19,23H,11-15H2/t18-,19-,23-/m0/s1. The number of halogens is 5. The van der Waals surface area contributed by atoms with E-state index in [1.54, 1.807) is 6.07 Å². The molecule has 36 heavy (non-hydrogen) atoms. The molecule has 2 aromatic carbocycles. The summed E-state index contributed by atoms with van der Waals surface area (Å²) in [5, 5.41) is 3.75. The number of carbonyl (C=O) groups is 1. The van der Waals surface area contributed by atoms with E-state index in [4.69, 9.17) is 9.47 Å². The number of carbonyl (C=O) groups excluding carboxylic acids is 1. The molecule has 10 heteroatoms. The number of hydrogen-bond acceptors (Lipinski definition) is 4. The minimum Gasteiger partial charge on any atom is -0.447 e. The minimum atomic E-state index is -4.99. The fourth-order valence-corrected chi connectivity index (χ4v) is 4.95. The predicted octanol–water partition coefficient (Wildman–Crippen LogP) is 6.30. The molecule has 3 aromatic rings. The van der Waals surface area contributed by atoms with Gasteiger partial charge in [-0.25, -0.2) is 13.6 Å². The largest absolute Gasteiger partial charge is 0.447 e. The molecule has 190 valence electrons. The quantitative estimate of drug-likeness (QED) is 0.291. The zero-order valence-electron chi connectivity index (χ0n) is 19.1. The molecule has 0 radical (unpaired) electrons. The first-order chi connectivity index (χ1) is 17.1. The highest BCUT2D eigenvalue weighted by atomic mass is 19.4. The van der Waals surface area contributed by atoms with Gasteiger partial charge in [-0.2, -0.15) is 18.3 Å². The molecule has 0 N–H and O–H groups in total. The Hall–Kier alpha value is -3.27. The van der Waals surface area contributed by atoms with E-state index in [2.05, 4.69) is 5.10 Å². The van der Waals surface area contributed by atoms with Crippen molar-refractivity contribution in [2.24, 2.45) is 0 Å². The number of hydrogen-bond donors (Lipinski definition) is 0. The number of benzene rings is 2. The molecule has 0 amide bonds. The molecule has 1 heterocycles. The summed E-state index contributed by atoms with van der Waals surface area (Å²) in [5.74, 6) is -4.83. The first-order valence-corrected chi connectivity index (χ1v) is 11.6. The van der Waals surface area contributed by atoms with Crippen molar-refractivity contribution in [1.29, 1.82) is 0 Å². The van der Waals surface area contributed by atoms with E-state index in [1.165, 1.54) is 24.3 Å². The lowest BCUT2D eigenvalue weighted by atomic mass is 10.1. The van der Waals surface area contributed by atoms with Crippen molar-refractivity contribution in [1.82, 2.24) is 9.78 Å². The molecular weight excluding hydrogens is 483 g/mol. The number of nitrogens with zero attached hydrogens (tertiary/aromatic N) is 2. The summed E-state index contributed by atoms with van der Waals surface area (Å²) >= 11 is 0. The van der Waals surface area contributed by atoms with Crippen LogP contribution in [0.1, 0.15) is 64.3 Å². The Morgan fingerprint density at radius 1 is 1.03 bits per heavy atom. The van der Waals surface area contributed by atoms with E-state index in [0.717, 1.165) is 10.2 Å². The molecule has 1 fully saturated rings. The van der Waals surface area contributed by atoms with Gasteiger partial charge in [0.1, 0.15) is 0 Å². The van der Waals surface area contributed by atoms with Gasteiger partial charge in [0, 0.05) is 0 Å². The molecule has 3 atom stereocenters. The highest BCUT2D eigenvalue weighted by Crippen LogP contribution is 2.51. The molecule has 0 bridgehead atoms. The molecule has 1 saturated carbocycles. The third-order valence-electron chi connectivity index (χ3n) is 6.63. The summed E-state index contributed by atoms with van der Waals surface area (Å²) in [4.78, 5) is 12.5. The Balaban J connectivity index is 1.40. The van der Waals surface area contributed by atoms with E-state index in [1.807, 2.05) is 30.3 Å². The van der Waals surface area contributed by atoms with Gasteiger partial charge in [0.05, 0.1) is 42.0 Å². The second-order valence-corrected chi connectivity index (χ2v) is 9.13. The molecule has 0 saturated heterocycles. The summed E-state index contributed by atoms with van der Waals surface area (Å²) in [6, 6.07) is 16.2. The number of aromatic nitrogens is 2. The van der Waals surface area contributed by atoms with Crippen LogP contribution in [0.2, 0.25) is 0 Å². The first-order valence-electron chi connectivity index (χ1n) is 11.6. The van der Waals surface area contributed by atoms with Crippen molar-refractivity contribution < 1.29 is 36.2 Å². The van der Waals surface area contributed by atoms with E-state index in [-0.39, 0.29) is 17.4 Å². The Bertz CT molecular complexity index is 1230. The third-order valence-corrected chi connectivity index (χ3v) is 6.63. The minimum absolute atomic E-state index is 0.0306. The van der Waals surface area contributed by atoms with Gasteiger partial charge in [0.25, 0.3) is 5.92 Å². The Morgan fingerprint density at radius 3 is 2.36 bits per heavy atom. The van der Waals surface area contributed by atoms with Gasteiger partial charge in [-0.1, -0.05) is 48.5 Å². The Labute approximate surface area is 203 Å². The van der Waals surface area contributed by atoms with Crippen LogP contribution in [0, 0.1) is 0 Å². The topological polar surface area (TPSA) is 53.3 Å². The normalized spacial score (nSPS) is 23.0. The number of rotatable bonds is 6. The van der Waals surface area contributed by atoms with Crippen molar-refractivity contribution in [2.45, 2.75) is 62.6 Å². The van der Waals surface area contributed by atoms with Gasteiger partial charge in [-0.15, -0.1) is 0 Å². The van der Waals surface area contributed by atoms with E-state index in [0.29, 0.717) is 25.9 Å². The van der Waals surface area contributed by atoms with Gasteiger partial charge in [0.15, 0.2) is 11.8 Å². The van der Waals surface area contributed by atoms with Crippen LogP contribution in [0.15, 0.2) is 60.7 Å². The third kappa shape index (κ3) is 4.74. The second-order valence-electron chi connectivity index (χ2n) is 9.13. The van der Waals surface area contributed by atoms with Crippen LogP contribution in [0.25, 0.3) is 0 Å². The van der Waals surface area contributed by atoms with Crippen molar-refractivity contribution in [3.05, 3.63) is 88.7 Å². The molecule has 5 rings (SSSR count). The monoisotopic (exact) mass is 506 g/mol. The highest BCUT2D eigenvalue weighted by Gasteiger charge is 2.58. The molecule has 5 nitrogen and oxygen atoms in total. The number of fused-ring (bicyclic) bond motifs is 1. The smallest absolute Gasteiger partial charge is 0.435 e. The lowest BCUT2D eigenvalue weighted by Crippen LogP contribution is -2.29. The van der Waals surface area contributed by atoms with Crippen LogP contribution >= 0.6 is 0 Å². The summed E-state index contributed by atoms with van der Waals surface area (Å²) < 4.78 is 83.8. The van der Waals surface area contributed by atoms with E-state index >= 15 is 8.78 Å². The maximum Gasteiger partial charge on any atom is 0.435 e. The lowest BCUT2D eigenvalue weighted by Gasteiger charge is -2.21. The van der Waals surface area contributed by atoms with Gasteiger partial charge in [0.2, 0.25) is 0 Å². The van der Waals surface area contributed by atoms with Gasteiger partial charge >= 0.3 is 12.1 Å². The van der Waals surface area contributed by atoms with Crippen molar-refractivity contribution >= 4 is 5.97 Å². The highest BCUT2D eigenvalue weighted by molar-refractivity contribution is 5.89. The van der Waals surface area contributed by atoms with Gasteiger partial charge < -0.3 is 9.47 Å². The molecule has 2 aliphatic rings. The van der Waals surface area contributed by atoms with Gasteiger partial charge in [-0.3, -0.25) is 4.68 Å². The number of esters is 1.